The van der Waals surface area contributed by atoms with E-state index in [-0.39, 0.29) is 18.3 Å². The van der Waals surface area contributed by atoms with Crippen LogP contribution in [-0.2, 0) is 12.8 Å². The van der Waals surface area contributed by atoms with Gasteiger partial charge in [-0.05, 0) is 60.2 Å². The standard InChI is InChI=1S/C17H18BrFO2/c1-21-17-4-2-12(3-5-17)6-14(11-20)7-13-8-15(18)10-16(19)9-13/h2-5,8-10,14,20H,6-7,11H2,1H3. The number of aliphatic hydroxyl groups excluding tert-OH is 1. The Balaban J connectivity index is 2.05. The average molecular weight is 353 g/mol. The van der Waals surface area contributed by atoms with Crippen molar-refractivity contribution >= 4 is 15.9 Å². The van der Waals surface area contributed by atoms with Gasteiger partial charge in [0.05, 0.1) is 7.11 Å². The van der Waals surface area contributed by atoms with E-state index in [1.165, 1.54) is 12.1 Å². The minimum Gasteiger partial charge on any atom is -0.497 e. The molecular formula is C17H18BrFO2. The van der Waals surface area contributed by atoms with Crippen LogP contribution in [0.3, 0.4) is 0 Å². The Kier molecular flexibility index (Phi) is 5.76. The number of halogens is 2. The van der Waals surface area contributed by atoms with Crippen LogP contribution in [0, 0.1) is 11.7 Å². The molecule has 2 nitrogen and oxygen atoms in total. The number of hydrogen-bond donors (Lipinski definition) is 1. The second kappa shape index (κ2) is 7.57. The molecule has 21 heavy (non-hydrogen) atoms. The summed E-state index contributed by atoms with van der Waals surface area (Å²) in [5.41, 5.74) is 2.01. The van der Waals surface area contributed by atoms with Gasteiger partial charge in [0.15, 0.2) is 0 Å². The first-order valence-corrected chi connectivity index (χ1v) is 7.58. The maximum Gasteiger partial charge on any atom is 0.124 e. The highest BCUT2D eigenvalue weighted by molar-refractivity contribution is 9.10. The Labute approximate surface area is 132 Å². The van der Waals surface area contributed by atoms with Gasteiger partial charge in [0.2, 0.25) is 0 Å². The fraction of sp³-hybridized carbons (Fsp3) is 0.294. The molecule has 1 atom stereocenters. The molecule has 1 N–H and O–H groups in total. The van der Waals surface area contributed by atoms with E-state index in [1.807, 2.05) is 30.3 Å². The van der Waals surface area contributed by atoms with E-state index >= 15 is 0 Å². The zero-order chi connectivity index (χ0) is 15.2. The Morgan fingerprint density at radius 1 is 1.10 bits per heavy atom. The van der Waals surface area contributed by atoms with Crippen LogP contribution in [-0.4, -0.2) is 18.8 Å². The second-order valence-corrected chi connectivity index (χ2v) is 6.00. The summed E-state index contributed by atoms with van der Waals surface area (Å²) in [5, 5.41) is 9.56. The van der Waals surface area contributed by atoms with E-state index in [4.69, 9.17) is 4.74 Å². The van der Waals surface area contributed by atoms with Crippen LogP contribution in [0.1, 0.15) is 11.1 Å². The van der Waals surface area contributed by atoms with Crippen molar-refractivity contribution in [3.63, 3.8) is 0 Å². The summed E-state index contributed by atoms with van der Waals surface area (Å²) in [7, 11) is 1.63. The minimum atomic E-state index is -0.263. The highest BCUT2D eigenvalue weighted by atomic mass is 79.9. The SMILES string of the molecule is COc1ccc(CC(CO)Cc2cc(F)cc(Br)c2)cc1. The molecule has 1 unspecified atom stereocenters. The molecule has 0 fully saturated rings. The van der Waals surface area contributed by atoms with Crippen LogP contribution in [0.25, 0.3) is 0 Å². The van der Waals surface area contributed by atoms with Gasteiger partial charge < -0.3 is 9.84 Å². The number of methoxy groups -OCH3 is 1. The van der Waals surface area contributed by atoms with E-state index in [2.05, 4.69) is 15.9 Å². The van der Waals surface area contributed by atoms with E-state index in [1.54, 1.807) is 7.11 Å². The van der Waals surface area contributed by atoms with Gasteiger partial charge in [-0.1, -0.05) is 28.1 Å². The molecule has 0 radical (unpaired) electrons. The van der Waals surface area contributed by atoms with Gasteiger partial charge in [0, 0.05) is 11.1 Å². The molecule has 4 heteroatoms. The lowest BCUT2D eigenvalue weighted by Crippen LogP contribution is -2.13. The first kappa shape index (κ1) is 16.0. The third kappa shape index (κ3) is 4.83. The van der Waals surface area contributed by atoms with Crippen molar-refractivity contribution in [2.24, 2.45) is 5.92 Å². The third-order valence-corrected chi connectivity index (χ3v) is 3.85. The number of aliphatic hydroxyl groups is 1. The number of benzene rings is 2. The molecule has 0 amide bonds. The molecule has 112 valence electrons. The molecule has 0 heterocycles. The lowest BCUT2D eigenvalue weighted by atomic mass is 9.93. The minimum absolute atomic E-state index is 0.0621. The smallest absolute Gasteiger partial charge is 0.124 e. The molecule has 0 bridgehead atoms. The molecule has 0 aliphatic rings. The molecule has 0 aliphatic heterocycles. The average Bonchev–Trinajstić information content (AvgIpc) is 2.46. The Morgan fingerprint density at radius 3 is 2.33 bits per heavy atom. The summed E-state index contributed by atoms with van der Waals surface area (Å²) in [4.78, 5) is 0. The molecular weight excluding hydrogens is 335 g/mol. The summed E-state index contributed by atoms with van der Waals surface area (Å²) in [5.74, 6) is 0.612. The highest BCUT2D eigenvalue weighted by Crippen LogP contribution is 2.20. The van der Waals surface area contributed by atoms with Gasteiger partial charge in [0.25, 0.3) is 0 Å². The summed E-state index contributed by atoms with van der Waals surface area (Å²) in [6, 6.07) is 12.6. The third-order valence-electron chi connectivity index (χ3n) is 3.39. The van der Waals surface area contributed by atoms with Crippen molar-refractivity contribution in [1.29, 1.82) is 0 Å². The fourth-order valence-electron chi connectivity index (χ4n) is 2.36. The zero-order valence-electron chi connectivity index (χ0n) is 11.9. The summed E-state index contributed by atoms with van der Waals surface area (Å²) < 4.78 is 19.2. The lowest BCUT2D eigenvalue weighted by Gasteiger charge is -2.15. The Morgan fingerprint density at radius 2 is 1.76 bits per heavy atom. The van der Waals surface area contributed by atoms with Crippen molar-refractivity contribution < 1.29 is 14.2 Å². The monoisotopic (exact) mass is 352 g/mol. The lowest BCUT2D eigenvalue weighted by molar-refractivity contribution is 0.225. The summed E-state index contributed by atoms with van der Waals surface area (Å²) in [6.45, 7) is 0.0696. The van der Waals surface area contributed by atoms with Gasteiger partial charge in [-0.15, -0.1) is 0 Å². The Hall–Kier alpha value is -1.39. The van der Waals surface area contributed by atoms with Crippen LogP contribution in [0.4, 0.5) is 4.39 Å². The van der Waals surface area contributed by atoms with Crippen LogP contribution in [0.2, 0.25) is 0 Å². The zero-order valence-corrected chi connectivity index (χ0v) is 13.4. The number of ether oxygens (including phenoxy) is 1. The number of hydrogen-bond acceptors (Lipinski definition) is 2. The molecule has 0 spiro atoms. The second-order valence-electron chi connectivity index (χ2n) is 5.08. The van der Waals surface area contributed by atoms with Crippen molar-refractivity contribution in [2.45, 2.75) is 12.8 Å². The first-order chi connectivity index (χ1) is 10.1. The van der Waals surface area contributed by atoms with E-state index in [0.717, 1.165) is 27.8 Å². The van der Waals surface area contributed by atoms with Crippen molar-refractivity contribution in [3.8, 4) is 5.75 Å². The van der Waals surface area contributed by atoms with Crippen molar-refractivity contribution in [1.82, 2.24) is 0 Å². The molecule has 2 aromatic rings. The molecule has 0 saturated carbocycles. The Bertz CT molecular complexity index is 564. The van der Waals surface area contributed by atoms with Gasteiger partial charge in [0.1, 0.15) is 11.6 Å². The first-order valence-electron chi connectivity index (χ1n) is 6.79. The van der Waals surface area contributed by atoms with Gasteiger partial charge in [-0.3, -0.25) is 0 Å². The highest BCUT2D eigenvalue weighted by Gasteiger charge is 2.11. The van der Waals surface area contributed by atoms with Gasteiger partial charge in [-0.2, -0.15) is 0 Å². The van der Waals surface area contributed by atoms with Crippen LogP contribution >= 0.6 is 15.9 Å². The predicted octanol–water partition coefficient (Wildman–Crippen LogP) is 3.99. The van der Waals surface area contributed by atoms with E-state index < -0.39 is 0 Å². The fourth-order valence-corrected chi connectivity index (χ4v) is 2.87. The predicted molar refractivity (Wildman–Crippen MR) is 85.1 cm³/mol. The quantitative estimate of drug-likeness (QED) is 0.851. The van der Waals surface area contributed by atoms with E-state index in [0.29, 0.717) is 6.42 Å². The number of rotatable bonds is 6. The topological polar surface area (TPSA) is 29.5 Å². The summed E-state index contributed by atoms with van der Waals surface area (Å²) in [6.07, 6.45) is 1.38. The van der Waals surface area contributed by atoms with Crippen molar-refractivity contribution in [2.75, 3.05) is 13.7 Å². The maximum absolute atomic E-state index is 13.4. The van der Waals surface area contributed by atoms with Gasteiger partial charge in [-0.25, -0.2) is 4.39 Å². The van der Waals surface area contributed by atoms with E-state index in [9.17, 15) is 9.50 Å². The molecule has 0 aromatic heterocycles. The molecule has 0 saturated heterocycles. The molecule has 2 aromatic carbocycles. The maximum atomic E-state index is 13.4. The van der Waals surface area contributed by atoms with Gasteiger partial charge >= 0.3 is 0 Å². The largest absolute Gasteiger partial charge is 0.497 e. The van der Waals surface area contributed by atoms with Crippen molar-refractivity contribution in [3.05, 3.63) is 63.9 Å². The van der Waals surface area contributed by atoms with Crippen LogP contribution < -0.4 is 4.74 Å². The van der Waals surface area contributed by atoms with Crippen LogP contribution in [0.15, 0.2) is 46.9 Å². The van der Waals surface area contributed by atoms with Crippen LogP contribution in [0.5, 0.6) is 5.75 Å². The molecule has 2 rings (SSSR count). The summed E-state index contributed by atoms with van der Waals surface area (Å²) >= 11 is 3.29. The normalized spacial score (nSPS) is 12.2. The molecule has 0 aliphatic carbocycles.